The second-order valence-corrected chi connectivity index (χ2v) is 11.7. The van der Waals surface area contributed by atoms with Gasteiger partial charge < -0.3 is 29.7 Å². The molecule has 0 radical (unpaired) electrons. The van der Waals surface area contributed by atoms with Crippen LogP contribution in [-0.4, -0.2) is 97.4 Å². The number of carbonyl (C=O) groups excluding carboxylic acids is 4. The lowest BCUT2D eigenvalue weighted by molar-refractivity contribution is -0.150. The number of methoxy groups -OCH3 is 1. The quantitative estimate of drug-likeness (QED) is 0.294. The number of hydrogen-bond acceptors (Lipinski definition) is 10. The van der Waals surface area contributed by atoms with Crippen LogP contribution in [-0.2, 0) is 45.1 Å². The first kappa shape index (κ1) is 32.3. The number of hydrogen-bond donors (Lipinski definition) is 2. The zero-order valence-corrected chi connectivity index (χ0v) is 26.6. The van der Waals surface area contributed by atoms with Crippen molar-refractivity contribution in [2.45, 2.75) is 57.3 Å². The first-order valence-electron chi connectivity index (χ1n) is 15.9. The Bertz CT molecular complexity index is 1760. The number of rotatable bonds is 7. The van der Waals surface area contributed by atoms with Gasteiger partial charge in [0.2, 0.25) is 35.3 Å². The molecular weight excluding hydrogens is 618 g/mol. The van der Waals surface area contributed by atoms with Crippen molar-refractivity contribution in [2.24, 2.45) is 0 Å². The number of amides is 4. The van der Waals surface area contributed by atoms with Gasteiger partial charge >= 0.3 is 0 Å². The van der Waals surface area contributed by atoms with E-state index in [9.17, 15) is 19.2 Å². The summed E-state index contributed by atoms with van der Waals surface area (Å²) in [5.41, 5.74) is 2.08. The molecule has 4 heterocycles. The standard InChI is InChI=1S/C33H37N9O6/c1-47-27-11-6-5-10-24(27)31-36-29(48-38-31)13-14-30(44)40-16-17-42-26(21-40)32(45)34-19-23-20-41(39-37-23)15-7-12-28(43)35-25(33(42)46)18-22-8-3-2-4-9-22/h2-6,8-11,20,25-26H,7,12-19,21H2,1H3,(H,34,45)(H,35,43)/t25-,26+/m0/s1. The maximum Gasteiger partial charge on any atom is 0.246 e. The van der Waals surface area contributed by atoms with Crippen LogP contribution in [0.15, 0.2) is 65.3 Å². The fourth-order valence-electron chi connectivity index (χ4n) is 5.91. The van der Waals surface area contributed by atoms with E-state index in [0.29, 0.717) is 35.8 Å². The fourth-order valence-corrected chi connectivity index (χ4v) is 5.91. The normalized spacial score (nSPS) is 19.1. The third-order valence-corrected chi connectivity index (χ3v) is 8.42. The average Bonchev–Trinajstić information content (AvgIpc) is 3.78. The monoisotopic (exact) mass is 655 g/mol. The topological polar surface area (TPSA) is 178 Å². The van der Waals surface area contributed by atoms with Crippen LogP contribution in [0.25, 0.3) is 11.4 Å². The average molecular weight is 656 g/mol. The molecule has 2 bridgehead atoms. The van der Waals surface area contributed by atoms with Crippen LogP contribution < -0.4 is 15.4 Å². The van der Waals surface area contributed by atoms with E-state index < -0.39 is 18.0 Å². The molecule has 4 aromatic rings. The van der Waals surface area contributed by atoms with Gasteiger partial charge in [-0.05, 0) is 24.1 Å². The lowest BCUT2D eigenvalue weighted by atomic mass is 10.0. The first-order valence-corrected chi connectivity index (χ1v) is 15.9. The Hall–Kier alpha value is -5.60. The highest BCUT2D eigenvalue weighted by Gasteiger charge is 2.39. The molecule has 4 amide bonds. The van der Waals surface area contributed by atoms with E-state index in [-0.39, 0.29) is 75.5 Å². The van der Waals surface area contributed by atoms with E-state index in [2.05, 4.69) is 31.1 Å². The Morgan fingerprint density at radius 2 is 1.85 bits per heavy atom. The van der Waals surface area contributed by atoms with Crippen LogP contribution in [0.2, 0.25) is 0 Å². The third kappa shape index (κ3) is 7.67. The van der Waals surface area contributed by atoms with Crippen molar-refractivity contribution in [3.63, 3.8) is 0 Å². The predicted molar refractivity (Wildman–Crippen MR) is 170 cm³/mol. The minimum Gasteiger partial charge on any atom is -0.496 e. The maximum atomic E-state index is 14.1. The second-order valence-electron chi connectivity index (χ2n) is 11.7. The molecular formula is C33H37N9O6. The van der Waals surface area contributed by atoms with Gasteiger partial charge in [0.15, 0.2) is 0 Å². The number of nitrogens with one attached hydrogen (secondary N) is 2. The van der Waals surface area contributed by atoms with Gasteiger partial charge in [0.05, 0.1) is 32.0 Å². The van der Waals surface area contributed by atoms with Crippen molar-refractivity contribution in [2.75, 3.05) is 26.7 Å². The maximum absolute atomic E-state index is 14.1. The summed E-state index contributed by atoms with van der Waals surface area (Å²) in [7, 11) is 1.56. The number of ether oxygens (including phenoxy) is 1. The number of para-hydroxylation sites is 1. The molecule has 15 heteroatoms. The molecule has 0 aliphatic carbocycles. The second kappa shape index (κ2) is 14.9. The van der Waals surface area contributed by atoms with Gasteiger partial charge in [-0.1, -0.05) is 52.8 Å². The molecule has 2 aromatic carbocycles. The Morgan fingerprint density at radius 1 is 1.04 bits per heavy atom. The Balaban J connectivity index is 1.18. The van der Waals surface area contributed by atoms with Gasteiger partial charge in [-0.15, -0.1) is 5.10 Å². The van der Waals surface area contributed by atoms with E-state index >= 15 is 0 Å². The number of benzene rings is 2. The van der Waals surface area contributed by atoms with Gasteiger partial charge in [0, 0.05) is 45.3 Å². The van der Waals surface area contributed by atoms with Gasteiger partial charge in [-0.2, -0.15) is 4.98 Å². The third-order valence-electron chi connectivity index (χ3n) is 8.42. The van der Waals surface area contributed by atoms with Crippen LogP contribution >= 0.6 is 0 Å². The Kier molecular flexibility index (Phi) is 10.0. The van der Waals surface area contributed by atoms with Crippen molar-refractivity contribution in [3.8, 4) is 17.1 Å². The summed E-state index contributed by atoms with van der Waals surface area (Å²) >= 11 is 0. The van der Waals surface area contributed by atoms with Crippen molar-refractivity contribution in [1.29, 1.82) is 0 Å². The molecule has 2 atom stereocenters. The SMILES string of the molecule is COc1ccccc1-c1noc(CCC(=O)N2CCN3C(=O)[C@H](Cc4ccccc4)NC(=O)CCCn4cc(nn4)CNC(=O)[C@H]3C2)n1. The molecule has 1 fully saturated rings. The van der Waals surface area contributed by atoms with Crippen LogP contribution in [0.3, 0.4) is 0 Å². The van der Waals surface area contributed by atoms with E-state index in [1.54, 1.807) is 29.0 Å². The van der Waals surface area contributed by atoms with E-state index in [1.807, 2.05) is 48.5 Å². The van der Waals surface area contributed by atoms with E-state index in [1.165, 1.54) is 4.90 Å². The predicted octanol–water partition coefficient (Wildman–Crippen LogP) is 1.15. The molecule has 6 rings (SSSR count). The summed E-state index contributed by atoms with van der Waals surface area (Å²) in [6.45, 7) is 0.860. The highest BCUT2D eigenvalue weighted by Crippen LogP contribution is 2.27. The number of aromatic nitrogens is 5. The van der Waals surface area contributed by atoms with Crippen LogP contribution in [0.5, 0.6) is 5.75 Å². The van der Waals surface area contributed by atoms with Gasteiger partial charge in [0.1, 0.15) is 23.5 Å². The number of fused-ring (bicyclic) bond motifs is 3. The molecule has 2 aliphatic heterocycles. The zero-order valence-electron chi connectivity index (χ0n) is 26.6. The molecule has 0 unspecified atom stereocenters. The summed E-state index contributed by atoms with van der Waals surface area (Å²) < 4.78 is 12.4. The van der Waals surface area contributed by atoms with Crippen molar-refractivity contribution >= 4 is 23.6 Å². The van der Waals surface area contributed by atoms with Crippen molar-refractivity contribution in [3.05, 3.63) is 77.9 Å². The highest BCUT2D eigenvalue weighted by molar-refractivity contribution is 5.93. The van der Waals surface area contributed by atoms with Crippen molar-refractivity contribution in [1.82, 2.24) is 45.6 Å². The molecule has 0 saturated carbocycles. The van der Waals surface area contributed by atoms with Crippen LogP contribution in [0.4, 0.5) is 0 Å². The fraction of sp³-hybridized carbons (Fsp3) is 0.394. The summed E-state index contributed by atoms with van der Waals surface area (Å²) in [5, 5.41) is 18.0. The van der Waals surface area contributed by atoms with Crippen molar-refractivity contribution < 1.29 is 28.4 Å². The smallest absolute Gasteiger partial charge is 0.246 e. The molecule has 2 aliphatic rings. The molecule has 1 saturated heterocycles. The number of nitrogens with zero attached hydrogens (tertiary/aromatic N) is 7. The molecule has 15 nitrogen and oxygen atoms in total. The van der Waals surface area contributed by atoms with Gasteiger partial charge in [0.25, 0.3) is 0 Å². The summed E-state index contributed by atoms with van der Waals surface area (Å²) in [6, 6.07) is 14.8. The zero-order chi connectivity index (χ0) is 33.5. The Morgan fingerprint density at radius 3 is 2.69 bits per heavy atom. The van der Waals surface area contributed by atoms with Crippen LogP contribution in [0, 0.1) is 0 Å². The lowest BCUT2D eigenvalue weighted by Crippen LogP contribution is -2.64. The summed E-state index contributed by atoms with van der Waals surface area (Å²) in [6.07, 6.45) is 2.92. The molecule has 2 N–H and O–H groups in total. The minimum absolute atomic E-state index is 0.0224. The van der Waals surface area contributed by atoms with E-state index in [0.717, 1.165) is 5.56 Å². The van der Waals surface area contributed by atoms with Gasteiger partial charge in [-0.3, -0.25) is 23.9 Å². The summed E-state index contributed by atoms with van der Waals surface area (Å²) in [5.74, 6) is -0.0742. The highest BCUT2D eigenvalue weighted by atomic mass is 16.5. The van der Waals surface area contributed by atoms with Crippen LogP contribution in [0.1, 0.15) is 36.4 Å². The lowest BCUT2D eigenvalue weighted by Gasteiger charge is -2.42. The molecule has 48 heavy (non-hydrogen) atoms. The molecule has 2 aromatic heterocycles. The van der Waals surface area contributed by atoms with Gasteiger partial charge in [-0.25, -0.2) is 0 Å². The number of piperazine rings is 1. The summed E-state index contributed by atoms with van der Waals surface area (Å²) in [4.78, 5) is 61.8. The number of aryl methyl sites for hydroxylation is 2. The molecule has 0 spiro atoms. The number of carbonyl (C=O) groups is 4. The largest absolute Gasteiger partial charge is 0.496 e. The minimum atomic E-state index is -0.994. The molecule has 250 valence electrons. The Labute approximate surface area is 276 Å². The van der Waals surface area contributed by atoms with E-state index in [4.69, 9.17) is 9.26 Å². The first-order chi connectivity index (χ1) is 23.4.